The number of rotatable bonds is 6. The molecule has 136 valence electrons. The van der Waals surface area contributed by atoms with Crippen molar-refractivity contribution in [3.8, 4) is 5.75 Å². The maximum atomic E-state index is 6.02. The Hall–Kier alpha value is -2.29. The Kier molecular flexibility index (Phi) is 5.24. The summed E-state index contributed by atoms with van der Waals surface area (Å²) in [6.07, 6.45) is 7.62. The zero-order chi connectivity index (χ0) is 17.8. The minimum Gasteiger partial charge on any atom is -0.492 e. The van der Waals surface area contributed by atoms with E-state index in [0.717, 1.165) is 24.2 Å². The molecular formula is C23H28N2O. The van der Waals surface area contributed by atoms with Crippen LogP contribution in [0.1, 0.15) is 56.3 Å². The average molecular weight is 348 g/mol. The van der Waals surface area contributed by atoms with Gasteiger partial charge in [0.25, 0.3) is 0 Å². The fraction of sp³-hybridized carbons (Fsp3) is 0.435. The molecule has 0 bridgehead atoms. The molecule has 3 nitrogen and oxygen atoms in total. The summed E-state index contributed by atoms with van der Waals surface area (Å²) < 4.78 is 8.42. The van der Waals surface area contributed by atoms with Gasteiger partial charge in [0, 0.05) is 5.92 Å². The highest BCUT2D eigenvalue weighted by molar-refractivity contribution is 5.76. The molecule has 0 amide bonds. The van der Waals surface area contributed by atoms with Crippen molar-refractivity contribution in [2.45, 2.75) is 57.9 Å². The molecule has 1 aliphatic rings. The molecule has 1 saturated carbocycles. The van der Waals surface area contributed by atoms with E-state index in [1.165, 1.54) is 49.0 Å². The van der Waals surface area contributed by atoms with E-state index in [0.29, 0.717) is 12.5 Å². The molecule has 0 N–H and O–H groups in total. The first-order chi connectivity index (χ1) is 12.8. The quantitative estimate of drug-likeness (QED) is 0.569. The molecule has 1 aromatic heterocycles. The van der Waals surface area contributed by atoms with E-state index in [9.17, 15) is 0 Å². The van der Waals surface area contributed by atoms with Crippen molar-refractivity contribution in [3.05, 3.63) is 59.9 Å². The maximum absolute atomic E-state index is 6.02. The lowest BCUT2D eigenvalue weighted by Crippen LogP contribution is -2.15. The van der Waals surface area contributed by atoms with E-state index in [1.807, 2.05) is 0 Å². The highest BCUT2D eigenvalue weighted by Crippen LogP contribution is 2.33. The minimum atomic E-state index is 0.597. The predicted molar refractivity (Wildman–Crippen MR) is 107 cm³/mol. The molecule has 1 aliphatic carbocycles. The van der Waals surface area contributed by atoms with Crippen LogP contribution in [0, 0.1) is 0 Å². The zero-order valence-electron chi connectivity index (χ0n) is 15.7. The predicted octanol–water partition coefficient (Wildman–Crippen LogP) is 5.73. The number of hydrogen-bond donors (Lipinski definition) is 0. The molecule has 1 fully saturated rings. The van der Waals surface area contributed by atoms with E-state index in [-0.39, 0.29) is 0 Å². The summed E-state index contributed by atoms with van der Waals surface area (Å²) in [5.74, 6) is 2.81. The second-order valence-electron chi connectivity index (χ2n) is 7.29. The fourth-order valence-corrected chi connectivity index (χ4v) is 4.08. The molecular weight excluding hydrogens is 320 g/mol. The van der Waals surface area contributed by atoms with Crippen LogP contribution in [0.3, 0.4) is 0 Å². The summed E-state index contributed by atoms with van der Waals surface area (Å²) in [5, 5.41) is 0. The largest absolute Gasteiger partial charge is 0.492 e. The summed E-state index contributed by atoms with van der Waals surface area (Å²) in [4.78, 5) is 4.99. The Morgan fingerprint density at radius 3 is 2.54 bits per heavy atom. The van der Waals surface area contributed by atoms with Crippen LogP contribution < -0.4 is 4.74 Å². The Balaban J connectivity index is 1.52. The molecule has 3 aromatic rings. The fourth-order valence-electron chi connectivity index (χ4n) is 4.08. The van der Waals surface area contributed by atoms with Gasteiger partial charge < -0.3 is 9.30 Å². The van der Waals surface area contributed by atoms with E-state index in [1.54, 1.807) is 0 Å². The standard InChI is InChI=1S/C23H28N2O/c1-2-18-12-14-20(15-13-18)26-17-16-25-22-11-7-6-10-21(22)24-23(25)19-8-4-3-5-9-19/h6-7,10-15,19H,2-5,8-9,16-17H2,1H3. The molecule has 26 heavy (non-hydrogen) atoms. The number of aromatic nitrogens is 2. The summed E-state index contributed by atoms with van der Waals surface area (Å²) in [7, 11) is 0. The first kappa shape index (κ1) is 17.1. The highest BCUT2D eigenvalue weighted by atomic mass is 16.5. The number of nitrogens with zero attached hydrogens (tertiary/aromatic N) is 2. The van der Waals surface area contributed by atoms with Crippen LogP contribution in [0.4, 0.5) is 0 Å². The molecule has 4 rings (SSSR count). The van der Waals surface area contributed by atoms with Crippen LogP contribution in [0.5, 0.6) is 5.75 Å². The van der Waals surface area contributed by atoms with Gasteiger partial charge >= 0.3 is 0 Å². The molecule has 0 unspecified atom stereocenters. The zero-order valence-corrected chi connectivity index (χ0v) is 15.7. The molecule has 0 aliphatic heterocycles. The van der Waals surface area contributed by atoms with Crippen molar-refractivity contribution in [3.63, 3.8) is 0 Å². The first-order valence-corrected chi connectivity index (χ1v) is 10.0. The van der Waals surface area contributed by atoms with Crippen molar-refractivity contribution in [2.75, 3.05) is 6.61 Å². The molecule has 3 heteroatoms. The lowest BCUT2D eigenvalue weighted by atomic mass is 9.88. The summed E-state index contributed by atoms with van der Waals surface area (Å²) in [6.45, 7) is 3.69. The Labute approximate surface area is 156 Å². The number of fused-ring (bicyclic) bond motifs is 1. The second-order valence-corrected chi connectivity index (χ2v) is 7.29. The molecule has 2 aromatic carbocycles. The molecule has 0 atom stereocenters. The average Bonchev–Trinajstić information content (AvgIpc) is 3.08. The van der Waals surface area contributed by atoms with E-state index in [4.69, 9.17) is 9.72 Å². The molecule has 0 spiro atoms. The van der Waals surface area contributed by atoms with Gasteiger partial charge in [-0.25, -0.2) is 4.98 Å². The lowest BCUT2D eigenvalue weighted by Gasteiger charge is -2.22. The van der Waals surface area contributed by atoms with E-state index >= 15 is 0 Å². The minimum absolute atomic E-state index is 0.597. The van der Waals surface area contributed by atoms with E-state index < -0.39 is 0 Å². The van der Waals surface area contributed by atoms with Crippen LogP contribution in [0.2, 0.25) is 0 Å². The smallest absolute Gasteiger partial charge is 0.119 e. The normalized spacial score (nSPS) is 15.4. The van der Waals surface area contributed by atoms with Crippen LogP contribution >= 0.6 is 0 Å². The number of para-hydroxylation sites is 2. The number of hydrogen-bond acceptors (Lipinski definition) is 2. The molecule has 0 radical (unpaired) electrons. The van der Waals surface area contributed by atoms with Gasteiger partial charge in [0.15, 0.2) is 0 Å². The van der Waals surface area contributed by atoms with Crippen LogP contribution in [0.25, 0.3) is 11.0 Å². The van der Waals surface area contributed by atoms with Gasteiger partial charge in [0.05, 0.1) is 17.6 Å². The van der Waals surface area contributed by atoms with Gasteiger partial charge in [0.1, 0.15) is 18.2 Å². The van der Waals surface area contributed by atoms with Gasteiger partial charge in [-0.2, -0.15) is 0 Å². The van der Waals surface area contributed by atoms with Crippen molar-refractivity contribution in [2.24, 2.45) is 0 Å². The second kappa shape index (κ2) is 7.94. The van der Waals surface area contributed by atoms with Crippen LogP contribution in [0.15, 0.2) is 48.5 Å². The Bertz CT molecular complexity index is 844. The van der Waals surface area contributed by atoms with Gasteiger partial charge in [-0.05, 0) is 49.1 Å². The monoisotopic (exact) mass is 348 g/mol. The topological polar surface area (TPSA) is 27.1 Å². The van der Waals surface area contributed by atoms with Crippen molar-refractivity contribution in [1.82, 2.24) is 9.55 Å². The van der Waals surface area contributed by atoms with E-state index in [2.05, 4.69) is 60.0 Å². The first-order valence-electron chi connectivity index (χ1n) is 10.0. The summed E-state index contributed by atoms with van der Waals surface area (Å²) in [5.41, 5.74) is 3.69. The van der Waals surface area contributed by atoms with Crippen LogP contribution in [-0.2, 0) is 13.0 Å². The third-order valence-electron chi connectivity index (χ3n) is 5.57. The van der Waals surface area contributed by atoms with Crippen molar-refractivity contribution in [1.29, 1.82) is 0 Å². The Morgan fingerprint density at radius 1 is 1.00 bits per heavy atom. The number of aryl methyl sites for hydroxylation is 1. The third-order valence-corrected chi connectivity index (χ3v) is 5.57. The number of ether oxygens (including phenoxy) is 1. The van der Waals surface area contributed by atoms with Crippen molar-refractivity contribution < 1.29 is 4.74 Å². The number of imidazole rings is 1. The summed E-state index contributed by atoms with van der Waals surface area (Å²) >= 11 is 0. The highest BCUT2D eigenvalue weighted by Gasteiger charge is 2.22. The third kappa shape index (κ3) is 3.62. The number of benzene rings is 2. The van der Waals surface area contributed by atoms with Gasteiger partial charge in [-0.1, -0.05) is 50.5 Å². The van der Waals surface area contributed by atoms with Gasteiger partial charge in [0.2, 0.25) is 0 Å². The van der Waals surface area contributed by atoms with Crippen molar-refractivity contribution >= 4 is 11.0 Å². The van der Waals surface area contributed by atoms with Gasteiger partial charge in [-0.3, -0.25) is 0 Å². The molecule has 0 saturated heterocycles. The lowest BCUT2D eigenvalue weighted by molar-refractivity contribution is 0.294. The SMILES string of the molecule is CCc1ccc(OCCn2c(C3CCCCC3)nc3ccccc32)cc1. The van der Waals surface area contributed by atoms with Gasteiger partial charge in [-0.15, -0.1) is 0 Å². The Morgan fingerprint density at radius 2 is 1.77 bits per heavy atom. The van der Waals surface area contributed by atoms with Crippen LogP contribution in [-0.4, -0.2) is 16.2 Å². The summed E-state index contributed by atoms with van der Waals surface area (Å²) in [6, 6.07) is 16.9. The maximum Gasteiger partial charge on any atom is 0.119 e. The molecule has 1 heterocycles.